The molecule has 0 aromatic heterocycles. The molecule has 0 radical (unpaired) electrons. The van der Waals surface area contributed by atoms with Crippen LogP contribution in [0, 0.1) is 0 Å². The molecule has 8 heteroatoms. The van der Waals surface area contributed by atoms with Gasteiger partial charge in [0.25, 0.3) is 11.8 Å². The number of carbonyl (C=O) groups is 2. The van der Waals surface area contributed by atoms with E-state index in [1.165, 1.54) is 23.5 Å². The number of nitrogens with one attached hydrogen (secondary N) is 1. The lowest BCUT2D eigenvalue weighted by molar-refractivity contribution is -0.120. The molecule has 3 N–H and O–H groups in total. The summed E-state index contributed by atoms with van der Waals surface area (Å²) in [4.78, 5) is 22.9. The van der Waals surface area contributed by atoms with Crippen molar-refractivity contribution in [3.05, 3.63) is 54.1 Å². The number of benzene rings is 2. The summed E-state index contributed by atoms with van der Waals surface area (Å²) < 4.78 is 11.3. The third-order valence-electron chi connectivity index (χ3n) is 3.85. The van der Waals surface area contributed by atoms with Gasteiger partial charge in [-0.1, -0.05) is 18.2 Å². The minimum Gasteiger partial charge on any atom is -0.484 e. The zero-order valence-corrected chi connectivity index (χ0v) is 16.9. The molecule has 2 aromatic rings. The van der Waals surface area contributed by atoms with Gasteiger partial charge in [0, 0.05) is 11.8 Å². The Balaban J connectivity index is 1.47. The Labute approximate surface area is 172 Å². The summed E-state index contributed by atoms with van der Waals surface area (Å²) in [5, 5.41) is 2.74. The van der Waals surface area contributed by atoms with Crippen molar-refractivity contribution < 1.29 is 19.1 Å². The molecule has 0 bridgehead atoms. The largest absolute Gasteiger partial charge is 0.484 e. The van der Waals surface area contributed by atoms with Gasteiger partial charge in [-0.05, 0) is 47.8 Å². The lowest BCUT2D eigenvalue weighted by Gasteiger charge is -2.21. The van der Waals surface area contributed by atoms with Crippen LogP contribution in [0.3, 0.4) is 0 Å². The molecule has 2 amide bonds. The second kappa shape index (κ2) is 10.3. The van der Waals surface area contributed by atoms with E-state index in [0.29, 0.717) is 21.8 Å². The standard InChI is InChI=1S/C20H22N2O4S2/c21-18(23)12-25-17-4-1-3-15(11-17)22-19(24)13-26-16-7-5-14(6-8-16)20-27-9-2-10-28-20/h1,3-8,11,20H,2,9-10,12-13H2,(H2,21,23)(H,22,24). The fraction of sp³-hybridized carbons (Fsp3) is 0.300. The minimum atomic E-state index is -0.561. The van der Waals surface area contributed by atoms with E-state index in [-0.39, 0.29) is 19.1 Å². The van der Waals surface area contributed by atoms with Crippen LogP contribution in [0.2, 0.25) is 0 Å². The van der Waals surface area contributed by atoms with Crippen molar-refractivity contribution in [2.24, 2.45) is 5.73 Å². The first-order valence-electron chi connectivity index (χ1n) is 8.87. The number of hydrogen-bond donors (Lipinski definition) is 2. The third kappa shape index (κ3) is 6.38. The van der Waals surface area contributed by atoms with Crippen molar-refractivity contribution in [1.82, 2.24) is 0 Å². The van der Waals surface area contributed by atoms with Gasteiger partial charge in [0.05, 0.1) is 4.58 Å². The van der Waals surface area contributed by atoms with E-state index in [2.05, 4.69) is 17.4 Å². The molecule has 2 aromatic carbocycles. The molecule has 0 saturated carbocycles. The molecule has 1 fully saturated rings. The first kappa shape index (κ1) is 20.4. The van der Waals surface area contributed by atoms with Crippen molar-refractivity contribution in [3.63, 3.8) is 0 Å². The highest BCUT2D eigenvalue weighted by Crippen LogP contribution is 2.43. The highest BCUT2D eigenvalue weighted by molar-refractivity contribution is 8.16. The molecule has 1 aliphatic heterocycles. The Morgan fingerprint density at radius 3 is 2.43 bits per heavy atom. The predicted octanol–water partition coefficient (Wildman–Crippen LogP) is 3.44. The van der Waals surface area contributed by atoms with Crippen LogP contribution >= 0.6 is 23.5 Å². The van der Waals surface area contributed by atoms with Crippen molar-refractivity contribution in [2.75, 3.05) is 30.0 Å². The van der Waals surface area contributed by atoms with Gasteiger partial charge in [0.2, 0.25) is 0 Å². The van der Waals surface area contributed by atoms with Crippen LogP contribution in [-0.2, 0) is 9.59 Å². The number of primary amides is 1. The minimum absolute atomic E-state index is 0.0986. The Morgan fingerprint density at radius 1 is 1.00 bits per heavy atom. The van der Waals surface area contributed by atoms with E-state index in [0.717, 1.165) is 0 Å². The molecule has 0 spiro atoms. The summed E-state index contributed by atoms with van der Waals surface area (Å²) in [5.74, 6) is 2.66. The Kier molecular flexibility index (Phi) is 7.50. The first-order chi connectivity index (χ1) is 13.6. The summed E-state index contributed by atoms with van der Waals surface area (Å²) in [6.45, 7) is -0.312. The second-order valence-electron chi connectivity index (χ2n) is 6.12. The monoisotopic (exact) mass is 418 g/mol. The quantitative estimate of drug-likeness (QED) is 0.683. The lowest BCUT2D eigenvalue weighted by atomic mass is 10.2. The van der Waals surface area contributed by atoms with Gasteiger partial charge in [0.1, 0.15) is 11.5 Å². The fourth-order valence-electron chi connectivity index (χ4n) is 2.57. The van der Waals surface area contributed by atoms with Gasteiger partial charge in [0.15, 0.2) is 13.2 Å². The molecule has 0 aliphatic carbocycles. The van der Waals surface area contributed by atoms with Crippen molar-refractivity contribution in [3.8, 4) is 11.5 Å². The van der Waals surface area contributed by atoms with E-state index in [4.69, 9.17) is 15.2 Å². The zero-order valence-electron chi connectivity index (χ0n) is 15.3. The molecule has 28 heavy (non-hydrogen) atoms. The molecule has 148 valence electrons. The maximum atomic E-state index is 12.1. The van der Waals surface area contributed by atoms with Crippen LogP contribution in [0.5, 0.6) is 11.5 Å². The molecule has 0 atom stereocenters. The molecule has 1 heterocycles. The SMILES string of the molecule is NC(=O)COc1cccc(NC(=O)COc2ccc(C3SCCCS3)cc2)c1. The number of ether oxygens (including phenoxy) is 2. The van der Waals surface area contributed by atoms with E-state index >= 15 is 0 Å². The van der Waals surface area contributed by atoms with E-state index < -0.39 is 5.91 Å². The number of carbonyl (C=O) groups excluding carboxylic acids is 2. The van der Waals surface area contributed by atoms with Crippen LogP contribution in [0.25, 0.3) is 0 Å². The highest BCUT2D eigenvalue weighted by atomic mass is 32.2. The number of anilines is 1. The maximum Gasteiger partial charge on any atom is 0.262 e. The van der Waals surface area contributed by atoms with Crippen LogP contribution in [0.15, 0.2) is 48.5 Å². The number of amides is 2. The molecule has 1 aliphatic rings. The highest BCUT2D eigenvalue weighted by Gasteiger charge is 2.16. The van der Waals surface area contributed by atoms with Crippen LogP contribution in [0.4, 0.5) is 5.69 Å². The topological polar surface area (TPSA) is 90.7 Å². The number of rotatable bonds is 8. The summed E-state index contributed by atoms with van der Waals surface area (Å²) >= 11 is 3.94. The smallest absolute Gasteiger partial charge is 0.262 e. The summed E-state index contributed by atoms with van der Waals surface area (Å²) in [6, 6.07) is 14.7. The summed E-state index contributed by atoms with van der Waals surface area (Å²) in [5.41, 5.74) is 6.88. The summed E-state index contributed by atoms with van der Waals surface area (Å²) in [7, 11) is 0. The van der Waals surface area contributed by atoms with Gasteiger partial charge in [-0.15, -0.1) is 23.5 Å². The van der Waals surface area contributed by atoms with Crippen LogP contribution in [0.1, 0.15) is 16.6 Å². The Bertz CT molecular complexity index is 808. The molecule has 1 saturated heterocycles. The van der Waals surface area contributed by atoms with Crippen molar-refractivity contribution in [1.29, 1.82) is 0 Å². The van der Waals surface area contributed by atoms with Crippen LogP contribution in [-0.4, -0.2) is 36.5 Å². The van der Waals surface area contributed by atoms with Crippen molar-refractivity contribution >= 4 is 41.0 Å². The van der Waals surface area contributed by atoms with Gasteiger partial charge in [-0.2, -0.15) is 0 Å². The number of thioether (sulfide) groups is 2. The molecule has 6 nitrogen and oxygen atoms in total. The van der Waals surface area contributed by atoms with Gasteiger partial charge >= 0.3 is 0 Å². The first-order valence-corrected chi connectivity index (χ1v) is 11.0. The van der Waals surface area contributed by atoms with Gasteiger partial charge in [-0.3, -0.25) is 9.59 Å². The third-order valence-corrected chi connectivity index (χ3v) is 6.86. The van der Waals surface area contributed by atoms with Gasteiger partial charge in [-0.25, -0.2) is 0 Å². The molecule has 3 rings (SSSR count). The normalized spacial score (nSPS) is 14.3. The Hall–Kier alpha value is -2.32. The lowest BCUT2D eigenvalue weighted by Crippen LogP contribution is -2.21. The average Bonchev–Trinajstić information content (AvgIpc) is 2.72. The second-order valence-corrected chi connectivity index (χ2v) is 8.84. The summed E-state index contributed by atoms with van der Waals surface area (Å²) in [6.07, 6.45) is 1.27. The van der Waals surface area contributed by atoms with Gasteiger partial charge < -0.3 is 20.5 Å². The molecular weight excluding hydrogens is 396 g/mol. The molecular formula is C20H22N2O4S2. The molecule has 0 unspecified atom stereocenters. The maximum absolute atomic E-state index is 12.1. The fourth-order valence-corrected chi connectivity index (χ4v) is 5.46. The van der Waals surface area contributed by atoms with E-state index in [1.807, 2.05) is 35.7 Å². The predicted molar refractivity (Wildman–Crippen MR) is 114 cm³/mol. The number of nitrogens with two attached hydrogens (primary N) is 1. The number of hydrogen-bond acceptors (Lipinski definition) is 6. The van der Waals surface area contributed by atoms with Crippen LogP contribution < -0.4 is 20.5 Å². The average molecular weight is 419 g/mol. The van der Waals surface area contributed by atoms with Crippen molar-refractivity contribution in [2.45, 2.75) is 11.0 Å². The Morgan fingerprint density at radius 2 is 1.71 bits per heavy atom. The van der Waals surface area contributed by atoms with E-state index in [1.54, 1.807) is 24.3 Å². The van der Waals surface area contributed by atoms with E-state index in [9.17, 15) is 9.59 Å². The zero-order chi connectivity index (χ0) is 19.8.